The van der Waals surface area contributed by atoms with Gasteiger partial charge in [-0.3, -0.25) is 4.79 Å². The Morgan fingerprint density at radius 1 is 1.33 bits per heavy atom. The fraction of sp³-hybridized carbons (Fsp3) is 0.529. The van der Waals surface area contributed by atoms with Crippen LogP contribution in [0.25, 0.3) is 0 Å². The second-order valence-electron chi connectivity index (χ2n) is 6.70. The van der Waals surface area contributed by atoms with Gasteiger partial charge >= 0.3 is 6.09 Å². The zero-order chi connectivity index (χ0) is 17.9. The third-order valence-corrected chi connectivity index (χ3v) is 4.84. The van der Waals surface area contributed by atoms with Gasteiger partial charge in [0.1, 0.15) is 23.0 Å². The molecule has 132 valence electrons. The molecule has 0 unspecified atom stereocenters. The largest absolute Gasteiger partial charge is 0.444 e. The molecule has 1 amide bonds. The molecule has 1 aromatic rings. The van der Waals surface area contributed by atoms with Crippen LogP contribution in [0, 0.1) is 11.6 Å². The number of carbonyl (C=O) groups excluding carboxylic acids is 2. The number of halogens is 2. The molecule has 7 heteroatoms. The summed E-state index contributed by atoms with van der Waals surface area (Å²) in [7, 11) is 0. The predicted octanol–water partition coefficient (Wildman–Crippen LogP) is 4.00. The number of ether oxygens (including phenoxy) is 1. The summed E-state index contributed by atoms with van der Waals surface area (Å²) in [6, 6.07) is 2.56. The van der Waals surface area contributed by atoms with E-state index in [0.717, 1.165) is 18.2 Å². The molecule has 0 saturated carbocycles. The molecule has 2 atom stereocenters. The van der Waals surface area contributed by atoms with E-state index in [1.807, 2.05) is 0 Å². The van der Waals surface area contributed by atoms with Crippen LogP contribution in [0.15, 0.2) is 18.2 Å². The second kappa shape index (κ2) is 7.51. The number of nitrogens with one attached hydrogen (secondary N) is 1. The molecule has 0 aliphatic carbocycles. The first kappa shape index (κ1) is 18.7. The molecule has 0 bridgehead atoms. The maximum Gasteiger partial charge on any atom is 0.407 e. The molecular formula is C17H21F2NO3S. The van der Waals surface area contributed by atoms with Gasteiger partial charge in [-0.25, -0.2) is 13.6 Å². The number of hydrogen-bond acceptors (Lipinski definition) is 4. The van der Waals surface area contributed by atoms with Crippen LogP contribution >= 0.6 is 11.8 Å². The Bertz CT molecular complexity index is 631. The van der Waals surface area contributed by atoms with Gasteiger partial charge in [-0.1, -0.05) is 0 Å². The van der Waals surface area contributed by atoms with Crippen molar-refractivity contribution in [3.05, 3.63) is 35.4 Å². The van der Waals surface area contributed by atoms with Crippen LogP contribution in [0.5, 0.6) is 0 Å². The molecule has 1 saturated heterocycles. The average molecular weight is 357 g/mol. The molecule has 4 nitrogen and oxygen atoms in total. The van der Waals surface area contributed by atoms with E-state index < -0.39 is 34.6 Å². The Labute approximate surface area is 144 Å². The van der Waals surface area contributed by atoms with Crippen LogP contribution in [0.2, 0.25) is 0 Å². The number of ketones is 1. The van der Waals surface area contributed by atoms with Crippen molar-refractivity contribution in [2.75, 3.05) is 5.75 Å². The van der Waals surface area contributed by atoms with Crippen LogP contribution in [0.4, 0.5) is 13.6 Å². The number of alkyl carbamates (subject to hydrolysis) is 1. The number of amides is 1. The number of benzene rings is 1. The zero-order valence-electron chi connectivity index (χ0n) is 13.9. The lowest BCUT2D eigenvalue weighted by atomic mass is 9.99. The molecule has 0 radical (unpaired) electrons. The first-order chi connectivity index (χ1) is 11.2. The first-order valence-electron chi connectivity index (χ1n) is 7.73. The third-order valence-electron chi connectivity index (χ3n) is 3.46. The summed E-state index contributed by atoms with van der Waals surface area (Å²) in [5.41, 5.74) is -0.540. The third kappa shape index (κ3) is 5.19. The molecule has 1 aliphatic rings. The number of thioether (sulfide) groups is 1. The van der Waals surface area contributed by atoms with Crippen LogP contribution in [-0.2, 0) is 9.53 Å². The van der Waals surface area contributed by atoms with Gasteiger partial charge in [0, 0.05) is 24.2 Å². The summed E-state index contributed by atoms with van der Waals surface area (Å²) in [6.07, 6.45) is -0.276. The minimum Gasteiger partial charge on any atom is -0.444 e. The highest BCUT2D eigenvalue weighted by atomic mass is 32.2. The highest BCUT2D eigenvalue weighted by molar-refractivity contribution is 7.99. The molecule has 0 aromatic heterocycles. The predicted molar refractivity (Wildman–Crippen MR) is 89.0 cm³/mol. The topological polar surface area (TPSA) is 55.4 Å². The molecule has 1 aliphatic heterocycles. The summed E-state index contributed by atoms with van der Waals surface area (Å²) in [6.45, 7) is 5.18. The maximum atomic E-state index is 14.2. The van der Waals surface area contributed by atoms with Crippen molar-refractivity contribution >= 4 is 23.6 Å². The summed E-state index contributed by atoms with van der Waals surface area (Å²) in [5.74, 6) is -0.646. The van der Waals surface area contributed by atoms with Gasteiger partial charge in [-0.2, -0.15) is 11.8 Å². The van der Waals surface area contributed by atoms with Crippen LogP contribution in [0.1, 0.15) is 44.4 Å². The number of carbonyl (C=O) groups is 2. The lowest BCUT2D eigenvalue weighted by Gasteiger charge is -2.27. The van der Waals surface area contributed by atoms with E-state index in [9.17, 15) is 18.4 Å². The monoisotopic (exact) mass is 357 g/mol. The van der Waals surface area contributed by atoms with E-state index >= 15 is 0 Å². The maximum absolute atomic E-state index is 14.2. The van der Waals surface area contributed by atoms with Crippen LogP contribution < -0.4 is 5.32 Å². The van der Waals surface area contributed by atoms with Gasteiger partial charge in [0.15, 0.2) is 0 Å². The zero-order valence-corrected chi connectivity index (χ0v) is 14.7. The highest BCUT2D eigenvalue weighted by Gasteiger charge is 2.33. The first-order valence-corrected chi connectivity index (χ1v) is 8.78. The molecule has 0 spiro atoms. The Morgan fingerprint density at radius 3 is 2.71 bits per heavy atom. The summed E-state index contributed by atoms with van der Waals surface area (Å²) in [5, 5.41) is 2.09. The lowest BCUT2D eigenvalue weighted by Crippen LogP contribution is -2.42. The molecular weight excluding hydrogens is 336 g/mol. The molecule has 1 N–H and O–H groups in total. The van der Waals surface area contributed by atoms with Gasteiger partial charge in [-0.15, -0.1) is 0 Å². The van der Waals surface area contributed by atoms with Crippen molar-refractivity contribution < 1.29 is 23.1 Å². The van der Waals surface area contributed by atoms with E-state index in [0.29, 0.717) is 12.2 Å². The standard InChI is InChI=1S/C17H21F2NO3S/c1-17(2,3)23-16(22)20-14-9-11(21)6-7-24-15(14)12-8-10(18)4-5-13(12)19/h4-5,8,14-15H,6-7,9H2,1-3H3,(H,20,22)/t14-,15+/m0/s1. The van der Waals surface area contributed by atoms with Gasteiger partial charge in [0.25, 0.3) is 0 Å². The Kier molecular flexibility index (Phi) is 5.85. The summed E-state index contributed by atoms with van der Waals surface area (Å²) >= 11 is 1.33. The quantitative estimate of drug-likeness (QED) is 0.869. The van der Waals surface area contributed by atoms with E-state index in [4.69, 9.17) is 4.74 Å². The van der Waals surface area contributed by atoms with E-state index in [2.05, 4.69) is 5.32 Å². The number of rotatable bonds is 2. The van der Waals surface area contributed by atoms with Crippen LogP contribution in [0.3, 0.4) is 0 Å². The Balaban J connectivity index is 2.26. The van der Waals surface area contributed by atoms with Crippen molar-refractivity contribution in [3.8, 4) is 0 Å². The molecule has 2 rings (SSSR count). The molecule has 1 aromatic carbocycles. The average Bonchev–Trinajstić information content (AvgIpc) is 2.61. The highest BCUT2D eigenvalue weighted by Crippen LogP contribution is 2.38. The smallest absolute Gasteiger partial charge is 0.407 e. The SMILES string of the molecule is CC(C)(C)OC(=O)N[C@H]1CC(=O)CCS[C@@H]1c1cc(F)ccc1F. The van der Waals surface area contributed by atoms with Crippen LogP contribution in [-0.4, -0.2) is 29.3 Å². The van der Waals surface area contributed by atoms with Crippen molar-refractivity contribution in [3.63, 3.8) is 0 Å². The summed E-state index contributed by atoms with van der Waals surface area (Å²) < 4.78 is 32.9. The summed E-state index contributed by atoms with van der Waals surface area (Å²) in [4.78, 5) is 24.0. The van der Waals surface area contributed by atoms with Crippen molar-refractivity contribution in [2.24, 2.45) is 0 Å². The van der Waals surface area contributed by atoms with Crippen molar-refractivity contribution in [1.29, 1.82) is 0 Å². The van der Waals surface area contributed by atoms with Gasteiger partial charge in [0.05, 0.1) is 11.3 Å². The normalized spacial score (nSPS) is 22.0. The lowest BCUT2D eigenvalue weighted by molar-refractivity contribution is -0.119. The van der Waals surface area contributed by atoms with Gasteiger partial charge < -0.3 is 10.1 Å². The Hall–Kier alpha value is -1.63. The van der Waals surface area contributed by atoms with Crippen molar-refractivity contribution in [1.82, 2.24) is 5.32 Å². The van der Waals surface area contributed by atoms with Crippen molar-refractivity contribution in [2.45, 2.75) is 50.5 Å². The Morgan fingerprint density at radius 2 is 2.04 bits per heavy atom. The minimum atomic E-state index is -0.689. The minimum absolute atomic E-state index is 0.0251. The second-order valence-corrected chi connectivity index (χ2v) is 7.95. The molecule has 1 heterocycles. The van der Waals surface area contributed by atoms with E-state index in [1.54, 1.807) is 20.8 Å². The fourth-order valence-corrected chi connectivity index (χ4v) is 3.85. The fourth-order valence-electron chi connectivity index (χ4n) is 2.50. The van der Waals surface area contributed by atoms with Gasteiger partial charge in [-0.05, 0) is 39.0 Å². The van der Waals surface area contributed by atoms with E-state index in [1.165, 1.54) is 11.8 Å². The number of hydrogen-bond donors (Lipinski definition) is 1. The van der Waals surface area contributed by atoms with E-state index in [-0.39, 0.29) is 17.8 Å². The number of Topliss-reactive ketones (excluding diaryl/α,β-unsaturated/α-hetero) is 1. The molecule has 24 heavy (non-hydrogen) atoms. The van der Waals surface area contributed by atoms with Gasteiger partial charge in [0.2, 0.25) is 0 Å². The molecule has 1 fully saturated rings.